The van der Waals surface area contributed by atoms with Crippen LogP contribution in [0.25, 0.3) is 0 Å². The quantitative estimate of drug-likeness (QED) is 0.760. The Labute approximate surface area is 150 Å². The molecule has 1 aliphatic heterocycles. The van der Waals surface area contributed by atoms with E-state index in [-0.39, 0.29) is 35.5 Å². The van der Waals surface area contributed by atoms with Crippen LogP contribution >= 0.6 is 0 Å². The molecule has 7 heteroatoms. The van der Waals surface area contributed by atoms with Crippen LogP contribution in [0, 0.1) is 0 Å². The number of ether oxygens (including phenoxy) is 4. The highest BCUT2D eigenvalue weighted by atomic mass is 16.5. The molecule has 0 radical (unpaired) electrons. The third kappa shape index (κ3) is 2.78. The Bertz CT molecular complexity index is 821. The summed E-state index contributed by atoms with van der Waals surface area (Å²) in [5.41, 5.74) is 1.07. The molecule has 0 aromatic heterocycles. The highest BCUT2D eigenvalue weighted by Crippen LogP contribution is 2.42. The van der Waals surface area contributed by atoms with Crippen molar-refractivity contribution in [3.8, 4) is 11.5 Å². The largest absolute Gasteiger partial charge is 0.496 e. The van der Waals surface area contributed by atoms with E-state index in [1.807, 2.05) is 0 Å². The van der Waals surface area contributed by atoms with Crippen molar-refractivity contribution < 1.29 is 33.3 Å². The number of carbonyl (C=O) groups excluding carboxylic acids is 3. The standard InChI is InChI=1S/C19H20O7/c1-9-15-11(7-10(26-9)8-14(20)25-4)18(21)16-12(23-2)5-6-13(24-3)17(16)19(15)22/h5-6,9-10H,7-8H2,1-4H3/t9-,10-/m1/s1. The van der Waals surface area contributed by atoms with Crippen molar-refractivity contribution in [2.24, 2.45) is 0 Å². The fourth-order valence-corrected chi connectivity index (χ4v) is 3.56. The van der Waals surface area contributed by atoms with Crippen molar-refractivity contribution in [3.63, 3.8) is 0 Å². The van der Waals surface area contributed by atoms with E-state index in [1.165, 1.54) is 21.3 Å². The van der Waals surface area contributed by atoms with E-state index in [9.17, 15) is 14.4 Å². The molecule has 0 saturated heterocycles. The van der Waals surface area contributed by atoms with E-state index < -0.39 is 18.2 Å². The summed E-state index contributed by atoms with van der Waals surface area (Å²) >= 11 is 0. The number of esters is 1. The Morgan fingerprint density at radius 1 is 1.08 bits per heavy atom. The summed E-state index contributed by atoms with van der Waals surface area (Å²) in [7, 11) is 4.18. The molecule has 0 amide bonds. The average Bonchev–Trinajstić information content (AvgIpc) is 2.64. The molecule has 0 fully saturated rings. The first kappa shape index (κ1) is 18.1. The monoisotopic (exact) mass is 360 g/mol. The van der Waals surface area contributed by atoms with Crippen molar-refractivity contribution in [2.75, 3.05) is 21.3 Å². The van der Waals surface area contributed by atoms with Crippen molar-refractivity contribution in [3.05, 3.63) is 34.4 Å². The van der Waals surface area contributed by atoms with Gasteiger partial charge in [0.05, 0.1) is 51.1 Å². The number of fused-ring (bicyclic) bond motifs is 1. The van der Waals surface area contributed by atoms with E-state index in [1.54, 1.807) is 19.1 Å². The molecular formula is C19H20O7. The lowest BCUT2D eigenvalue weighted by molar-refractivity contribution is -0.144. The van der Waals surface area contributed by atoms with Gasteiger partial charge in [-0.15, -0.1) is 0 Å². The zero-order chi connectivity index (χ0) is 19.0. The number of hydrogen-bond donors (Lipinski definition) is 0. The summed E-state index contributed by atoms with van der Waals surface area (Å²) in [6.07, 6.45) is -0.958. The smallest absolute Gasteiger partial charge is 0.308 e. The zero-order valence-corrected chi connectivity index (χ0v) is 15.1. The second-order valence-corrected chi connectivity index (χ2v) is 6.16. The zero-order valence-electron chi connectivity index (χ0n) is 15.1. The number of rotatable bonds is 4. The van der Waals surface area contributed by atoms with Gasteiger partial charge in [0.1, 0.15) is 11.5 Å². The van der Waals surface area contributed by atoms with E-state index in [4.69, 9.17) is 14.2 Å². The number of carbonyl (C=O) groups is 3. The van der Waals surface area contributed by atoms with Gasteiger partial charge < -0.3 is 18.9 Å². The molecule has 2 atom stereocenters. The predicted molar refractivity (Wildman–Crippen MR) is 90.8 cm³/mol. The fraction of sp³-hybridized carbons (Fsp3) is 0.421. The lowest BCUT2D eigenvalue weighted by Crippen LogP contribution is -2.38. The van der Waals surface area contributed by atoms with Crippen LogP contribution in [-0.4, -0.2) is 51.1 Å². The van der Waals surface area contributed by atoms with Crippen molar-refractivity contribution in [1.29, 1.82) is 0 Å². The second-order valence-electron chi connectivity index (χ2n) is 6.16. The van der Waals surface area contributed by atoms with E-state index in [0.717, 1.165) is 0 Å². The Morgan fingerprint density at radius 3 is 2.19 bits per heavy atom. The molecular weight excluding hydrogens is 340 g/mol. The summed E-state index contributed by atoms with van der Waals surface area (Å²) in [6, 6.07) is 3.20. The van der Waals surface area contributed by atoms with Crippen LogP contribution in [0.15, 0.2) is 23.3 Å². The molecule has 1 aromatic rings. The van der Waals surface area contributed by atoms with Gasteiger partial charge in [0.2, 0.25) is 0 Å². The summed E-state index contributed by atoms with van der Waals surface area (Å²) < 4.78 is 21.0. The topological polar surface area (TPSA) is 88.1 Å². The summed E-state index contributed by atoms with van der Waals surface area (Å²) in [6.45, 7) is 1.70. The molecule has 7 nitrogen and oxygen atoms in total. The predicted octanol–water partition coefficient (Wildman–Crippen LogP) is 2.12. The van der Waals surface area contributed by atoms with Crippen LogP contribution in [-0.2, 0) is 14.3 Å². The Balaban J connectivity index is 2.10. The van der Waals surface area contributed by atoms with Gasteiger partial charge in [0, 0.05) is 17.6 Å². The van der Waals surface area contributed by atoms with Crippen LogP contribution in [0.1, 0.15) is 40.5 Å². The Hall–Kier alpha value is -2.67. The molecule has 0 bridgehead atoms. The third-order valence-corrected chi connectivity index (χ3v) is 4.72. The molecule has 0 N–H and O–H groups in total. The van der Waals surface area contributed by atoms with Crippen LogP contribution in [0.2, 0.25) is 0 Å². The van der Waals surface area contributed by atoms with Crippen LogP contribution in [0.4, 0.5) is 0 Å². The third-order valence-electron chi connectivity index (χ3n) is 4.72. The normalized spacial score (nSPS) is 21.8. The molecule has 1 heterocycles. The minimum Gasteiger partial charge on any atom is -0.496 e. The lowest BCUT2D eigenvalue weighted by Gasteiger charge is -2.34. The van der Waals surface area contributed by atoms with Gasteiger partial charge in [-0.3, -0.25) is 14.4 Å². The minimum atomic E-state index is -0.617. The van der Waals surface area contributed by atoms with Crippen LogP contribution in [0.3, 0.4) is 0 Å². The molecule has 3 rings (SSSR count). The van der Waals surface area contributed by atoms with Gasteiger partial charge in [-0.1, -0.05) is 0 Å². The van der Waals surface area contributed by atoms with Gasteiger partial charge in [0.15, 0.2) is 11.6 Å². The first-order valence-corrected chi connectivity index (χ1v) is 8.22. The molecule has 1 aromatic carbocycles. The molecule has 26 heavy (non-hydrogen) atoms. The maximum atomic E-state index is 13.2. The second kappa shape index (κ2) is 6.92. The first-order chi connectivity index (χ1) is 12.4. The number of methoxy groups -OCH3 is 3. The number of benzene rings is 1. The SMILES string of the molecule is COC(=O)C[C@H]1CC2=C(C(=O)c3c(OC)ccc(OC)c3C2=O)[C@@H](C)O1. The number of Topliss-reactive ketones (excluding diaryl/α,β-unsaturated/α-hetero) is 2. The molecule has 2 aliphatic rings. The van der Waals surface area contributed by atoms with Crippen molar-refractivity contribution in [1.82, 2.24) is 0 Å². The Morgan fingerprint density at radius 2 is 1.65 bits per heavy atom. The van der Waals surface area contributed by atoms with E-state index in [2.05, 4.69) is 4.74 Å². The van der Waals surface area contributed by atoms with Crippen LogP contribution in [0.5, 0.6) is 11.5 Å². The van der Waals surface area contributed by atoms with Gasteiger partial charge in [-0.05, 0) is 19.1 Å². The molecule has 0 saturated carbocycles. The molecule has 1 aliphatic carbocycles. The summed E-state index contributed by atoms with van der Waals surface area (Å²) in [5, 5.41) is 0. The highest BCUT2D eigenvalue weighted by Gasteiger charge is 2.43. The van der Waals surface area contributed by atoms with Gasteiger partial charge in [-0.25, -0.2) is 0 Å². The van der Waals surface area contributed by atoms with Gasteiger partial charge in [0.25, 0.3) is 0 Å². The van der Waals surface area contributed by atoms with E-state index >= 15 is 0 Å². The molecule has 138 valence electrons. The highest BCUT2D eigenvalue weighted by molar-refractivity contribution is 6.29. The van der Waals surface area contributed by atoms with Crippen molar-refractivity contribution >= 4 is 17.5 Å². The first-order valence-electron chi connectivity index (χ1n) is 8.22. The summed E-state index contributed by atoms with van der Waals surface area (Å²) in [5.74, 6) is -0.408. The van der Waals surface area contributed by atoms with E-state index in [0.29, 0.717) is 22.6 Å². The lowest BCUT2D eigenvalue weighted by atomic mass is 9.77. The maximum absolute atomic E-state index is 13.2. The summed E-state index contributed by atoms with van der Waals surface area (Å²) in [4.78, 5) is 37.9. The van der Waals surface area contributed by atoms with Crippen molar-refractivity contribution in [2.45, 2.75) is 32.0 Å². The number of ketones is 2. The minimum absolute atomic E-state index is 0.0151. The molecule has 0 spiro atoms. The number of hydrogen-bond acceptors (Lipinski definition) is 7. The van der Waals surface area contributed by atoms with Gasteiger partial charge in [-0.2, -0.15) is 0 Å². The average molecular weight is 360 g/mol. The maximum Gasteiger partial charge on any atom is 0.308 e. The van der Waals surface area contributed by atoms with Gasteiger partial charge >= 0.3 is 5.97 Å². The Kier molecular flexibility index (Phi) is 4.82. The molecule has 0 unspecified atom stereocenters. The van der Waals surface area contributed by atoms with Crippen LogP contribution < -0.4 is 9.47 Å². The fourth-order valence-electron chi connectivity index (χ4n) is 3.56.